The highest BCUT2D eigenvalue weighted by Gasteiger charge is 2.16. The van der Waals surface area contributed by atoms with Gasteiger partial charge in [0.1, 0.15) is 30.0 Å². The number of rotatable bonds is 5. The van der Waals surface area contributed by atoms with E-state index in [1.807, 2.05) is 0 Å². The number of amides is 1. The predicted molar refractivity (Wildman–Crippen MR) is 107 cm³/mol. The summed E-state index contributed by atoms with van der Waals surface area (Å²) in [4.78, 5) is 28.2. The highest BCUT2D eigenvalue weighted by atomic mass is 19.1. The maximum atomic E-state index is 13.0. The first-order valence-corrected chi connectivity index (χ1v) is 9.17. The lowest BCUT2D eigenvalue weighted by molar-refractivity contribution is 0.0467. The van der Waals surface area contributed by atoms with Crippen molar-refractivity contribution in [2.75, 3.05) is 5.32 Å². The summed E-state index contributed by atoms with van der Waals surface area (Å²) in [7, 11) is 0. The molecule has 7 nitrogen and oxygen atoms in total. The molecular formula is C22H21FN2O5. The first-order valence-electron chi connectivity index (χ1n) is 9.17. The lowest BCUT2D eigenvalue weighted by atomic mass is 10.2. The van der Waals surface area contributed by atoms with E-state index in [1.165, 1.54) is 30.5 Å². The van der Waals surface area contributed by atoms with Crippen LogP contribution < -0.4 is 5.32 Å². The summed E-state index contributed by atoms with van der Waals surface area (Å²) < 4.78 is 28.7. The van der Waals surface area contributed by atoms with E-state index in [-0.39, 0.29) is 12.4 Å². The second kappa shape index (κ2) is 8.77. The Hall–Kier alpha value is -3.68. The highest BCUT2D eigenvalue weighted by molar-refractivity contribution is 5.91. The molecule has 156 valence electrons. The molecule has 3 aromatic rings. The van der Waals surface area contributed by atoms with Gasteiger partial charge in [-0.25, -0.2) is 19.0 Å². The van der Waals surface area contributed by atoms with Gasteiger partial charge >= 0.3 is 12.1 Å². The summed E-state index contributed by atoms with van der Waals surface area (Å²) in [5.74, 6) is -0.601. The molecule has 1 amide bonds. The molecule has 0 radical (unpaired) electrons. The van der Waals surface area contributed by atoms with Gasteiger partial charge in [0.25, 0.3) is 0 Å². The minimum Gasteiger partial charge on any atom is -0.455 e. The number of halogens is 1. The zero-order chi connectivity index (χ0) is 21.7. The van der Waals surface area contributed by atoms with Crippen LogP contribution in [0.3, 0.4) is 0 Å². The maximum Gasteiger partial charge on any atom is 0.412 e. The van der Waals surface area contributed by atoms with Crippen LogP contribution in [0.4, 0.5) is 14.9 Å². The number of ether oxygens (including phenoxy) is 2. The molecule has 0 spiro atoms. The molecule has 0 saturated carbocycles. The number of hydrogen-bond acceptors (Lipinski definition) is 6. The number of nitrogens with one attached hydrogen (secondary N) is 1. The van der Waals surface area contributed by atoms with Gasteiger partial charge in [-0.3, -0.25) is 5.32 Å². The van der Waals surface area contributed by atoms with Gasteiger partial charge in [0.05, 0.1) is 5.56 Å². The minimum atomic E-state index is -0.606. The molecular weight excluding hydrogens is 391 g/mol. The van der Waals surface area contributed by atoms with E-state index < -0.39 is 17.7 Å². The molecule has 1 N–H and O–H groups in total. The molecule has 8 heteroatoms. The van der Waals surface area contributed by atoms with Gasteiger partial charge in [0.2, 0.25) is 5.89 Å². The third-order valence-electron chi connectivity index (χ3n) is 3.76. The maximum absolute atomic E-state index is 13.0. The minimum absolute atomic E-state index is 0.0819. The number of hydrogen-bond donors (Lipinski definition) is 1. The number of benzene rings is 2. The number of esters is 1. The molecule has 0 bridgehead atoms. The monoisotopic (exact) mass is 412 g/mol. The van der Waals surface area contributed by atoms with Crippen molar-refractivity contribution in [3.8, 4) is 11.5 Å². The van der Waals surface area contributed by atoms with Crippen molar-refractivity contribution in [1.82, 2.24) is 4.98 Å². The fourth-order valence-corrected chi connectivity index (χ4v) is 2.43. The normalized spacial score (nSPS) is 11.1. The summed E-state index contributed by atoms with van der Waals surface area (Å²) in [5, 5.41) is 2.59. The molecule has 1 aromatic heterocycles. The van der Waals surface area contributed by atoms with Crippen molar-refractivity contribution < 1.29 is 27.9 Å². The molecule has 0 aliphatic carbocycles. The van der Waals surface area contributed by atoms with Crippen LogP contribution in [0.1, 0.15) is 36.8 Å². The van der Waals surface area contributed by atoms with Crippen molar-refractivity contribution >= 4 is 17.7 Å². The van der Waals surface area contributed by atoms with Gasteiger partial charge in [0, 0.05) is 11.3 Å². The standard InChI is InChI=1S/C22H21FN2O5/c1-22(2,3)30-21(27)25-17-10-6-15(7-11-17)20(26)29-13-18-12-28-19(24-18)14-4-8-16(23)9-5-14/h4-12H,13H2,1-3H3,(H,25,27). The van der Waals surface area contributed by atoms with Crippen LogP contribution >= 0.6 is 0 Å². The van der Waals surface area contributed by atoms with Gasteiger partial charge in [-0.15, -0.1) is 0 Å². The lowest BCUT2D eigenvalue weighted by Crippen LogP contribution is -2.27. The topological polar surface area (TPSA) is 90.7 Å². The Morgan fingerprint density at radius 1 is 1.07 bits per heavy atom. The first-order chi connectivity index (χ1) is 14.2. The Balaban J connectivity index is 1.54. The zero-order valence-electron chi connectivity index (χ0n) is 16.8. The summed E-state index contributed by atoms with van der Waals surface area (Å²) >= 11 is 0. The third-order valence-corrected chi connectivity index (χ3v) is 3.76. The molecule has 0 atom stereocenters. The Labute approximate surface area is 172 Å². The van der Waals surface area contributed by atoms with E-state index in [9.17, 15) is 14.0 Å². The van der Waals surface area contributed by atoms with Crippen LogP contribution in [-0.4, -0.2) is 22.6 Å². The Morgan fingerprint density at radius 3 is 2.37 bits per heavy atom. The van der Waals surface area contributed by atoms with Gasteiger partial charge in [-0.2, -0.15) is 0 Å². The van der Waals surface area contributed by atoms with Crippen molar-refractivity contribution in [3.05, 3.63) is 71.9 Å². The quantitative estimate of drug-likeness (QED) is 0.581. The summed E-state index contributed by atoms with van der Waals surface area (Å²) in [6, 6.07) is 11.9. The van der Waals surface area contributed by atoms with Gasteiger partial charge < -0.3 is 13.9 Å². The first kappa shape index (κ1) is 21.0. The van der Waals surface area contributed by atoms with Crippen molar-refractivity contribution in [3.63, 3.8) is 0 Å². The SMILES string of the molecule is CC(C)(C)OC(=O)Nc1ccc(C(=O)OCc2coc(-c3ccc(F)cc3)n2)cc1. The third kappa shape index (κ3) is 5.91. The van der Waals surface area contributed by atoms with Gasteiger partial charge in [-0.05, 0) is 69.3 Å². The number of oxazole rings is 1. The molecule has 0 unspecified atom stereocenters. The van der Waals surface area contributed by atoms with Gasteiger partial charge in [-0.1, -0.05) is 0 Å². The number of carbonyl (C=O) groups is 2. The number of anilines is 1. The van der Waals surface area contributed by atoms with E-state index in [1.54, 1.807) is 45.0 Å². The fraction of sp³-hybridized carbons (Fsp3) is 0.227. The summed E-state index contributed by atoms with van der Waals surface area (Å²) in [5.41, 5.74) is 1.23. The van der Waals surface area contributed by atoms with Crippen LogP contribution in [0.25, 0.3) is 11.5 Å². The zero-order valence-corrected chi connectivity index (χ0v) is 16.8. The summed E-state index contributed by atoms with van der Waals surface area (Å²) in [6.45, 7) is 5.22. The summed E-state index contributed by atoms with van der Waals surface area (Å²) in [6.07, 6.45) is 0.792. The number of nitrogens with zero attached hydrogens (tertiary/aromatic N) is 1. The smallest absolute Gasteiger partial charge is 0.412 e. The number of aromatic nitrogens is 1. The van der Waals surface area contributed by atoms with E-state index in [2.05, 4.69) is 10.3 Å². The second-order valence-electron chi connectivity index (χ2n) is 7.43. The van der Waals surface area contributed by atoms with Crippen molar-refractivity contribution in [1.29, 1.82) is 0 Å². The van der Waals surface area contributed by atoms with Crippen LogP contribution in [-0.2, 0) is 16.1 Å². The second-order valence-corrected chi connectivity index (χ2v) is 7.43. The van der Waals surface area contributed by atoms with Crippen molar-refractivity contribution in [2.45, 2.75) is 33.0 Å². The van der Waals surface area contributed by atoms with E-state index in [0.717, 1.165) is 0 Å². The molecule has 2 aromatic carbocycles. The molecule has 1 heterocycles. The van der Waals surface area contributed by atoms with Gasteiger partial charge in [0.15, 0.2) is 0 Å². The Morgan fingerprint density at radius 2 is 1.73 bits per heavy atom. The van der Waals surface area contributed by atoms with Crippen molar-refractivity contribution in [2.24, 2.45) is 0 Å². The molecule has 0 fully saturated rings. The van der Waals surface area contributed by atoms with Crippen LogP contribution in [0.2, 0.25) is 0 Å². The highest BCUT2D eigenvalue weighted by Crippen LogP contribution is 2.20. The van der Waals surface area contributed by atoms with E-state index in [4.69, 9.17) is 13.9 Å². The number of carbonyl (C=O) groups excluding carboxylic acids is 2. The fourth-order valence-electron chi connectivity index (χ4n) is 2.43. The van der Waals surface area contributed by atoms with Crippen LogP contribution in [0.5, 0.6) is 0 Å². The Bertz CT molecular complexity index is 1020. The molecule has 30 heavy (non-hydrogen) atoms. The molecule has 0 aliphatic heterocycles. The lowest BCUT2D eigenvalue weighted by Gasteiger charge is -2.19. The average Bonchev–Trinajstić information content (AvgIpc) is 3.15. The van der Waals surface area contributed by atoms with Crippen LogP contribution in [0.15, 0.2) is 59.2 Å². The average molecular weight is 412 g/mol. The largest absolute Gasteiger partial charge is 0.455 e. The van der Waals surface area contributed by atoms with E-state index >= 15 is 0 Å². The van der Waals surface area contributed by atoms with Crippen LogP contribution in [0, 0.1) is 5.82 Å². The molecule has 0 saturated heterocycles. The Kier molecular flexibility index (Phi) is 6.15. The predicted octanol–water partition coefficient (Wildman–Crippen LogP) is 5.18. The molecule has 3 rings (SSSR count). The van der Waals surface area contributed by atoms with E-state index in [0.29, 0.717) is 28.4 Å². The molecule has 0 aliphatic rings.